The number of nitrogens with one attached hydrogen (secondary N) is 2. The van der Waals surface area contributed by atoms with Crippen LogP contribution in [0.15, 0.2) is 11.0 Å². The number of thioether (sulfide) groups is 1. The third-order valence-electron chi connectivity index (χ3n) is 5.94. The van der Waals surface area contributed by atoms with E-state index in [2.05, 4.69) is 31.4 Å². The summed E-state index contributed by atoms with van der Waals surface area (Å²) in [6.07, 6.45) is 1.86. The van der Waals surface area contributed by atoms with Gasteiger partial charge in [-0.2, -0.15) is 0 Å². The minimum atomic E-state index is -0.676. The van der Waals surface area contributed by atoms with Crippen LogP contribution in [0, 0.1) is 10.8 Å². The molecule has 1 aromatic heterocycles. The Morgan fingerprint density at radius 1 is 1.03 bits per heavy atom. The molecule has 7 nitrogen and oxygen atoms in total. The van der Waals surface area contributed by atoms with Crippen LogP contribution in [0.1, 0.15) is 88.5 Å². The number of Topliss-reactive ketones (excluding diaryl/α,β-unsaturated/α-hetero) is 1. The number of nitrogens with zero attached hydrogens (tertiary/aromatic N) is 1. The summed E-state index contributed by atoms with van der Waals surface area (Å²) in [5.41, 5.74) is -1.75. The maximum absolute atomic E-state index is 13.1. The molecule has 0 saturated carbocycles. The monoisotopic (exact) mass is 497 g/mol. The molecule has 0 aliphatic heterocycles. The van der Waals surface area contributed by atoms with E-state index in [1.807, 2.05) is 41.5 Å². The molecular weight excluding hydrogens is 450 g/mol. The Hall–Kier alpha value is -1.67. The fourth-order valence-electron chi connectivity index (χ4n) is 5.09. The zero-order valence-electron chi connectivity index (χ0n) is 23.0. The summed E-state index contributed by atoms with van der Waals surface area (Å²) in [7, 11) is 1.75. The maximum atomic E-state index is 13.1. The normalized spacial score (nSPS) is 14.2. The highest BCUT2D eigenvalue weighted by Crippen LogP contribution is 2.43. The van der Waals surface area contributed by atoms with E-state index in [1.54, 1.807) is 20.0 Å². The predicted molar refractivity (Wildman–Crippen MR) is 141 cm³/mol. The highest BCUT2D eigenvalue weighted by atomic mass is 32.2. The smallest absolute Gasteiger partial charge is 0.226 e. The van der Waals surface area contributed by atoms with Gasteiger partial charge in [0.05, 0.1) is 10.9 Å². The molecule has 4 N–H and O–H groups in total. The highest BCUT2D eigenvalue weighted by molar-refractivity contribution is 7.99. The van der Waals surface area contributed by atoms with Gasteiger partial charge in [-0.05, 0) is 66.3 Å². The molecule has 1 atom stereocenters. The van der Waals surface area contributed by atoms with Crippen molar-refractivity contribution < 1.29 is 19.8 Å². The summed E-state index contributed by atoms with van der Waals surface area (Å²) < 4.78 is 1.52. The van der Waals surface area contributed by atoms with E-state index >= 15 is 0 Å². The standard InChI is InChI=1S/C26H47N3O4S/c1-17(30)18(27-11)12-13-34-19-14-20(31)29(21(19)32)26(9,10)16-25(7,8)28-22(33)24(5,6)15-23(2,3)4/h14,18,27,31-32H,12-13,15-16H2,1-11H3,(H,28,33). The van der Waals surface area contributed by atoms with Crippen molar-refractivity contribution in [2.24, 2.45) is 10.8 Å². The molecule has 0 aliphatic rings. The topological polar surface area (TPSA) is 104 Å². The lowest BCUT2D eigenvalue weighted by molar-refractivity contribution is -0.132. The number of aromatic hydroxyl groups is 2. The first-order chi connectivity index (χ1) is 15.2. The molecule has 1 unspecified atom stereocenters. The number of amides is 1. The number of aromatic nitrogens is 1. The average Bonchev–Trinajstić information content (AvgIpc) is 2.89. The number of ketones is 1. The molecule has 0 radical (unpaired) electrons. The number of hydrogen-bond acceptors (Lipinski definition) is 6. The molecule has 196 valence electrons. The second-order valence-corrected chi connectivity index (χ2v) is 13.7. The van der Waals surface area contributed by atoms with Gasteiger partial charge in [-0.1, -0.05) is 34.6 Å². The van der Waals surface area contributed by atoms with Crippen LogP contribution in [-0.2, 0) is 15.1 Å². The van der Waals surface area contributed by atoms with Crippen molar-refractivity contribution in [3.63, 3.8) is 0 Å². The van der Waals surface area contributed by atoms with Crippen molar-refractivity contribution in [2.75, 3.05) is 12.8 Å². The fourth-order valence-corrected chi connectivity index (χ4v) is 6.08. The number of carbonyl (C=O) groups excluding carboxylic acids is 2. The van der Waals surface area contributed by atoms with Crippen LogP contribution in [-0.4, -0.2) is 50.9 Å². The second kappa shape index (κ2) is 10.9. The van der Waals surface area contributed by atoms with Crippen molar-refractivity contribution in [3.8, 4) is 11.8 Å². The van der Waals surface area contributed by atoms with Gasteiger partial charge in [-0.25, -0.2) is 0 Å². The zero-order chi connectivity index (χ0) is 26.7. The molecule has 1 amide bonds. The minimum Gasteiger partial charge on any atom is -0.494 e. The Labute approximate surface area is 210 Å². The van der Waals surface area contributed by atoms with Gasteiger partial charge < -0.3 is 20.8 Å². The van der Waals surface area contributed by atoms with Gasteiger partial charge >= 0.3 is 0 Å². The van der Waals surface area contributed by atoms with E-state index < -0.39 is 16.5 Å². The molecule has 0 fully saturated rings. The first-order valence-corrected chi connectivity index (χ1v) is 13.0. The van der Waals surface area contributed by atoms with E-state index in [9.17, 15) is 19.8 Å². The van der Waals surface area contributed by atoms with Crippen LogP contribution in [0.25, 0.3) is 0 Å². The lowest BCUT2D eigenvalue weighted by Crippen LogP contribution is -2.52. The number of rotatable bonds is 12. The summed E-state index contributed by atoms with van der Waals surface area (Å²) >= 11 is 1.40. The second-order valence-electron chi connectivity index (χ2n) is 12.6. The first kappa shape index (κ1) is 30.4. The van der Waals surface area contributed by atoms with Crippen LogP contribution < -0.4 is 10.6 Å². The lowest BCUT2D eigenvalue weighted by Gasteiger charge is -2.40. The van der Waals surface area contributed by atoms with E-state index in [0.29, 0.717) is 23.5 Å². The van der Waals surface area contributed by atoms with Crippen LogP contribution in [0.2, 0.25) is 0 Å². The Balaban J connectivity index is 2.99. The molecule has 0 aliphatic carbocycles. The third-order valence-corrected chi connectivity index (χ3v) is 6.99. The average molecular weight is 498 g/mol. The highest BCUT2D eigenvalue weighted by Gasteiger charge is 2.39. The molecule has 1 heterocycles. The maximum Gasteiger partial charge on any atom is 0.226 e. The van der Waals surface area contributed by atoms with Crippen molar-refractivity contribution in [1.29, 1.82) is 0 Å². The SMILES string of the molecule is CNC(CCSc1cc(O)n(C(C)(C)CC(C)(C)NC(=O)C(C)(C)CC(C)(C)C)c1O)C(C)=O. The Morgan fingerprint density at radius 2 is 1.59 bits per heavy atom. The molecule has 1 aromatic rings. The molecule has 34 heavy (non-hydrogen) atoms. The largest absolute Gasteiger partial charge is 0.494 e. The van der Waals surface area contributed by atoms with Gasteiger partial charge in [0.25, 0.3) is 0 Å². The summed E-state index contributed by atoms with van der Waals surface area (Å²) in [4.78, 5) is 25.3. The predicted octanol–water partition coefficient (Wildman–Crippen LogP) is 5.04. The number of hydrogen-bond donors (Lipinski definition) is 4. The first-order valence-electron chi connectivity index (χ1n) is 12.0. The Kier molecular flexibility index (Phi) is 9.77. The van der Waals surface area contributed by atoms with E-state index in [-0.39, 0.29) is 34.9 Å². The van der Waals surface area contributed by atoms with Gasteiger partial charge in [-0.3, -0.25) is 14.2 Å². The number of likely N-dealkylation sites (N-methyl/N-ethyl adjacent to an activating group) is 1. The quantitative estimate of drug-likeness (QED) is 0.302. The van der Waals surface area contributed by atoms with Gasteiger partial charge in [0.15, 0.2) is 5.88 Å². The zero-order valence-corrected chi connectivity index (χ0v) is 23.9. The van der Waals surface area contributed by atoms with Gasteiger partial charge in [0.2, 0.25) is 11.8 Å². The Morgan fingerprint density at radius 3 is 2.06 bits per heavy atom. The molecule has 8 heteroatoms. The van der Waals surface area contributed by atoms with Crippen LogP contribution in [0.4, 0.5) is 0 Å². The van der Waals surface area contributed by atoms with Crippen molar-refractivity contribution in [3.05, 3.63) is 6.07 Å². The summed E-state index contributed by atoms with van der Waals surface area (Å²) in [5.74, 6) is 0.643. The van der Waals surface area contributed by atoms with Crippen LogP contribution in [0.3, 0.4) is 0 Å². The van der Waals surface area contributed by atoms with E-state index in [1.165, 1.54) is 16.3 Å². The van der Waals surface area contributed by atoms with Crippen molar-refractivity contribution >= 4 is 23.5 Å². The van der Waals surface area contributed by atoms with Gasteiger partial charge in [-0.15, -0.1) is 11.8 Å². The van der Waals surface area contributed by atoms with Gasteiger partial charge in [0, 0.05) is 28.3 Å². The molecule has 0 bridgehead atoms. The Bertz CT molecular complexity index is 866. The van der Waals surface area contributed by atoms with Gasteiger partial charge in [0.1, 0.15) is 5.78 Å². The molecule has 0 spiro atoms. The summed E-state index contributed by atoms with van der Waals surface area (Å²) in [6.45, 7) is 19.7. The fraction of sp³-hybridized carbons (Fsp3) is 0.769. The van der Waals surface area contributed by atoms with E-state index in [0.717, 1.165) is 6.42 Å². The third kappa shape index (κ3) is 8.52. The number of carbonyl (C=O) groups is 2. The van der Waals surface area contributed by atoms with E-state index in [4.69, 9.17) is 0 Å². The summed E-state index contributed by atoms with van der Waals surface area (Å²) in [6, 6.07) is 1.33. The van der Waals surface area contributed by atoms with Crippen LogP contribution >= 0.6 is 11.8 Å². The molecule has 0 aromatic carbocycles. The summed E-state index contributed by atoms with van der Waals surface area (Å²) in [5, 5.41) is 27.8. The molecule has 1 rings (SSSR count). The molecular formula is C26H47N3O4S. The van der Waals surface area contributed by atoms with Crippen molar-refractivity contribution in [1.82, 2.24) is 15.2 Å². The molecule has 0 saturated heterocycles. The van der Waals surface area contributed by atoms with Crippen LogP contribution in [0.5, 0.6) is 11.8 Å². The minimum absolute atomic E-state index is 0.00785. The lowest BCUT2D eigenvalue weighted by atomic mass is 9.75. The van der Waals surface area contributed by atoms with Crippen molar-refractivity contribution in [2.45, 2.75) is 111 Å².